The molecule has 3 rings (SSSR count). The molecular formula is C48H94N2O14Si2. The molecule has 0 aromatic rings. The van der Waals surface area contributed by atoms with Gasteiger partial charge in [-0.05, 0) is 114 Å². The Labute approximate surface area is 400 Å². The molecule has 18 atom stereocenters. The lowest BCUT2D eigenvalue weighted by atomic mass is 9.73. The first kappa shape index (κ1) is 59.2. The molecule has 0 spiro atoms. The molecule has 0 aliphatic carbocycles. The fourth-order valence-corrected chi connectivity index (χ4v) is 12.4. The van der Waals surface area contributed by atoms with Crippen molar-refractivity contribution in [3.8, 4) is 0 Å². The van der Waals surface area contributed by atoms with Gasteiger partial charge in [0.1, 0.15) is 17.8 Å². The van der Waals surface area contributed by atoms with E-state index in [1.165, 1.54) is 14.0 Å². The van der Waals surface area contributed by atoms with Gasteiger partial charge in [0, 0.05) is 65.4 Å². The first-order valence-corrected chi connectivity index (χ1v) is 31.1. The molecule has 3 saturated heterocycles. The summed E-state index contributed by atoms with van der Waals surface area (Å²) in [6, 6.07) is -0.0377. The summed E-state index contributed by atoms with van der Waals surface area (Å²) < 4.78 is 66.4. The third kappa shape index (κ3) is 14.7. The van der Waals surface area contributed by atoms with Gasteiger partial charge in [0.2, 0.25) is 5.79 Å². The molecule has 3 heterocycles. The zero-order valence-corrected chi connectivity index (χ0v) is 47.2. The van der Waals surface area contributed by atoms with Gasteiger partial charge in [0.05, 0.1) is 59.5 Å². The van der Waals surface area contributed by atoms with Gasteiger partial charge in [-0.2, -0.15) is 0 Å². The summed E-state index contributed by atoms with van der Waals surface area (Å²) >= 11 is 0. The summed E-state index contributed by atoms with van der Waals surface area (Å²) in [6.45, 7) is 35.1. The molecule has 18 heteroatoms. The molecule has 3 fully saturated rings. The van der Waals surface area contributed by atoms with Crippen molar-refractivity contribution in [1.82, 2.24) is 4.90 Å². The van der Waals surface area contributed by atoms with Crippen LogP contribution in [-0.2, 0) is 56.4 Å². The number of carbonyl (C=O) groups excluding carboxylic acids is 1. The number of ether oxygens (including phenoxy) is 8. The van der Waals surface area contributed by atoms with Crippen molar-refractivity contribution in [2.24, 2.45) is 28.8 Å². The van der Waals surface area contributed by atoms with E-state index in [0.717, 1.165) is 6.42 Å². The van der Waals surface area contributed by atoms with Crippen LogP contribution in [0.3, 0.4) is 0 Å². The second-order valence-electron chi connectivity index (χ2n) is 22.9. The molecule has 0 radical (unpaired) electrons. The minimum atomic E-state index is -2.19. The SMILES string of the molecule is CCC1OC(=O)C(C)C(OC2CC(C)(OC)C(O[Si](C)(C)C)C(C)O2)C(C)C(OC2OC(C)CC(N(C)C)C2O[Si](C)(C)C)C(C)(OC)CC(C)C(=NOC(C)(C)OC)C(C)C(O)C1(C)O. The number of cyclic esters (lactones) is 1. The summed E-state index contributed by atoms with van der Waals surface area (Å²) in [7, 11) is 4.68. The summed E-state index contributed by atoms with van der Waals surface area (Å²) in [6.07, 6.45) is -5.99. The van der Waals surface area contributed by atoms with E-state index >= 15 is 0 Å². The molecule has 0 aromatic heterocycles. The summed E-state index contributed by atoms with van der Waals surface area (Å²) in [5, 5.41) is 29.1. The fourth-order valence-electron chi connectivity index (χ4n) is 10.1. The number of likely N-dealkylation sites (N-methyl/N-ethyl adjacent to an activating group) is 1. The molecule has 3 aliphatic heterocycles. The van der Waals surface area contributed by atoms with E-state index in [4.69, 9.17) is 51.6 Å². The van der Waals surface area contributed by atoms with Gasteiger partial charge in [-0.15, -0.1) is 0 Å². The van der Waals surface area contributed by atoms with E-state index in [1.807, 2.05) is 55.6 Å². The smallest absolute Gasteiger partial charge is 0.311 e. The zero-order valence-electron chi connectivity index (χ0n) is 45.2. The molecule has 66 heavy (non-hydrogen) atoms. The van der Waals surface area contributed by atoms with Crippen LogP contribution in [-0.4, -0.2) is 169 Å². The van der Waals surface area contributed by atoms with Crippen molar-refractivity contribution < 1.29 is 66.6 Å². The molecule has 0 bridgehead atoms. The van der Waals surface area contributed by atoms with Crippen LogP contribution in [0.25, 0.3) is 0 Å². The number of hydrogen-bond donors (Lipinski definition) is 2. The standard InChI is InChI=1S/C48H94N2O14Si2/c1-24-35-48(12,53)40(51)30(4)37(49-64-45(8,9)54-15)28(2)26-46(10,55-16)41(61-44-39(62-65(18,19)20)34(50(13)14)25-29(3)57-44)31(5)38(32(6)43(52)59-35)60-36-27-47(11,56-17)42(33(7)58-36)63-66(21,22)23/h28-36,38-42,44,51,53H,24-27H2,1-23H3. The second kappa shape index (κ2) is 23.0. The summed E-state index contributed by atoms with van der Waals surface area (Å²) in [4.78, 5) is 23.0. The zero-order chi connectivity index (χ0) is 50.7. The number of rotatable bonds is 15. The quantitative estimate of drug-likeness (QED) is 0.0721. The van der Waals surface area contributed by atoms with E-state index in [0.29, 0.717) is 12.1 Å². The van der Waals surface area contributed by atoms with Crippen LogP contribution in [0.5, 0.6) is 0 Å². The number of hydrogen-bond acceptors (Lipinski definition) is 16. The van der Waals surface area contributed by atoms with Crippen LogP contribution in [0, 0.1) is 23.7 Å². The van der Waals surface area contributed by atoms with E-state index in [1.54, 1.807) is 48.8 Å². The lowest BCUT2D eigenvalue weighted by molar-refractivity contribution is -0.316. The third-order valence-electron chi connectivity index (χ3n) is 14.1. The first-order chi connectivity index (χ1) is 30.1. The molecule has 0 aromatic carbocycles. The van der Waals surface area contributed by atoms with Crippen LogP contribution >= 0.6 is 0 Å². The van der Waals surface area contributed by atoms with Crippen molar-refractivity contribution >= 4 is 28.3 Å². The number of oxime groups is 1. The molecule has 2 N–H and O–H groups in total. The monoisotopic (exact) mass is 979 g/mol. The number of aliphatic hydroxyl groups is 2. The van der Waals surface area contributed by atoms with Gasteiger partial charge >= 0.3 is 5.97 Å². The fraction of sp³-hybridized carbons (Fsp3) is 0.958. The van der Waals surface area contributed by atoms with Crippen molar-refractivity contribution in [3.63, 3.8) is 0 Å². The molecule has 388 valence electrons. The van der Waals surface area contributed by atoms with Crippen LogP contribution in [0.4, 0.5) is 0 Å². The third-order valence-corrected chi connectivity index (χ3v) is 16.0. The minimum Gasteiger partial charge on any atom is -0.459 e. The molecule has 0 saturated carbocycles. The highest BCUT2D eigenvalue weighted by Gasteiger charge is 2.55. The Morgan fingerprint density at radius 3 is 1.88 bits per heavy atom. The molecule has 16 nitrogen and oxygen atoms in total. The highest BCUT2D eigenvalue weighted by atomic mass is 28.4. The van der Waals surface area contributed by atoms with Gasteiger partial charge in [-0.25, -0.2) is 0 Å². The largest absolute Gasteiger partial charge is 0.459 e. The van der Waals surface area contributed by atoms with Crippen molar-refractivity contribution in [3.05, 3.63) is 0 Å². The lowest BCUT2D eigenvalue weighted by Crippen LogP contribution is -2.63. The van der Waals surface area contributed by atoms with Crippen molar-refractivity contribution in [2.75, 3.05) is 35.4 Å². The molecule has 18 unspecified atom stereocenters. The predicted molar refractivity (Wildman–Crippen MR) is 260 cm³/mol. The lowest BCUT2D eigenvalue weighted by Gasteiger charge is -2.51. The Bertz CT molecular complexity index is 1580. The second-order valence-corrected chi connectivity index (χ2v) is 31.8. The Morgan fingerprint density at radius 1 is 0.818 bits per heavy atom. The minimum absolute atomic E-state index is 0.0377. The first-order valence-electron chi connectivity index (χ1n) is 24.3. The highest BCUT2D eigenvalue weighted by molar-refractivity contribution is 6.70. The van der Waals surface area contributed by atoms with E-state index < -0.39 is 118 Å². The number of carbonyl (C=O) groups is 1. The molecule has 0 amide bonds. The maximum absolute atomic E-state index is 14.8. The van der Waals surface area contributed by atoms with Crippen LogP contribution in [0.2, 0.25) is 39.3 Å². The molecular weight excluding hydrogens is 885 g/mol. The van der Waals surface area contributed by atoms with Crippen LogP contribution < -0.4 is 0 Å². The van der Waals surface area contributed by atoms with Crippen LogP contribution in [0.15, 0.2) is 5.16 Å². The van der Waals surface area contributed by atoms with Gasteiger partial charge in [0.25, 0.3) is 0 Å². The number of nitrogens with zero attached hydrogens (tertiary/aromatic N) is 2. The Morgan fingerprint density at radius 2 is 1.38 bits per heavy atom. The number of methoxy groups -OCH3 is 3. The average molecular weight is 979 g/mol. The van der Waals surface area contributed by atoms with Gasteiger partial charge in [0.15, 0.2) is 29.2 Å². The molecule has 3 aliphatic rings. The maximum Gasteiger partial charge on any atom is 0.311 e. The van der Waals surface area contributed by atoms with Crippen molar-refractivity contribution in [2.45, 2.75) is 238 Å². The summed E-state index contributed by atoms with van der Waals surface area (Å²) in [5.41, 5.74) is -3.44. The maximum atomic E-state index is 14.8. The Hall–Kier alpha value is -1.11. The van der Waals surface area contributed by atoms with Gasteiger partial charge in [-0.3, -0.25) is 4.79 Å². The average Bonchev–Trinajstić information content (AvgIpc) is 3.20. The topological polar surface area (TPSA) is 175 Å². The predicted octanol–water partition coefficient (Wildman–Crippen LogP) is 7.34. The Kier molecular flexibility index (Phi) is 20.6. The van der Waals surface area contributed by atoms with Gasteiger partial charge < -0.3 is 66.7 Å². The summed E-state index contributed by atoms with van der Waals surface area (Å²) in [5.74, 6) is -4.58. The number of esters is 1. The van der Waals surface area contributed by atoms with E-state index in [-0.39, 0.29) is 31.1 Å². The van der Waals surface area contributed by atoms with Crippen molar-refractivity contribution in [1.29, 1.82) is 0 Å². The number of aliphatic hydroxyl groups excluding tert-OH is 1. The van der Waals surface area contributed by atoms with Gasteiger partial charge in [-0.1, -0.05) is 32.9 Å². The highest BCUT2D eigenvalue weighted by Crippen LogP contribution is 2.43. The van der Waals surface area contributed by atoms with E-state index in [9.17, 15) is 15.0 Å². The van der Waals surface area contributed by atoms with Crippen LogP contribution in [0.1, 0.15) is 109 Å². The normalized spacial score (nSPS) is 42.5. The Balaban J connectivity index is 2.39. The van der Waals surface area contributed by atoms with E-state index in [2.05, 4.69) is 49.3 Å².